The standard InChI is InChI=1S/C31H41NO3/c1-7-10-11-12-24-13-16-28(25(8-2)17-24)30-18-26-14-15-27(19-29(26)32(30)22(4)5)34-20-23(6)21-35-31(33)9-3/h9,13-19,22-23H,3,7-8,10-12,20-21H2,1-2,4-6H3. The van der Waals surface area contributed by atoms with Gasteiger partial charge in [-0.05, 0) is 62.4 Å². The Morgan fingerprint density at radius 3 is 2.51 bits per heavy atom. The van der Waals surface area contributed by atoms with Gasteiger partial charge in [0.05, 0.1) is 18.7 Å². The number of carbonyl (C=O) groups excluding carboxylic acids is 1. The Labute approximate surface area is 210 Å². The first-order chi connectivity index (χ1) is 16.9. The average molecular weight is 476 g/mol. The first-order valence-corrected chi connectivity index (χ1v) is 13.1. The van der Waals surface area contributed by atoms with E-state index < -0.39 is 5.97 Å². The number of unbranched alkanes of at least 4 members (excludes halogenated alkanes) is 2. The van der Waals surface area contributed by atoms with Gasteiger partial charge in [0.1, 0.15) is 5.75 Å². The van der Waals surface area contributed by atoms with Crippen molar-refractivity contribution in [3.8, 4) is 17.0 Å². The third-order valence-electron chi connectivity index (χ3n) is 6.44. The van der Waals surface area contributed by atoms with E-state index in [4.69, 9.17) is 9.47 Å². The molecule has 35 heavy (non-hydrogen) atoms. The van der Waals surface area contributed by atoms with Crippen molar-refractivity contribution in [1.82, 2.24) is 4.57 Å². The second kappa shape index (κ2) is 12.6. The fourth-order valence-electron chi connectivity index (χ4n) is 4.55. The summed E-state index contributed by atoms with van der Waals surface area (Å²) in [6, 6.07) is 15.9. The van der Waals surface area contributed by atoms with Gasteiger partial charge in [0.15, 0.2) is 0 Å². The lowest BCUT2D eigenvalue weighted by molar-refractivity contribution is -0.139. The fraction of sp³-hybridized carbons (Fsp3) is 0.452. The molecule has 0 bridgehead atoms. The molecular weight excluding hydrogens is 434 g/mol. The Hall–Kier alpha value is -3.01. The Kier molecular flexibility index (Phi) is 9.59. The summed E-state index contributed by atoms with van der Waals surface area (Å²) in [6.45, 7) is 15.2. The summed E-state index contributed by atoms with van der Waals surface area (Å²) in [6.07, 6.45) is 7.14. The quantitative estimate of drug-likeness (QED) is 0.143. The number of hydrogen-bond donors (Lipinski definition) is 0. The molecule has 188 valence electrons. The minimum absolute atomic E-state index is 0.0880. The van der Waals surface area contributed by atoms with Crippen molar-refractivity contribution in [3.05, 3.63) is 66.2 Å². The molecule has 0 fully saturated rings. The largest absolute Gasteiger partial charge is 0.493 e. The van der Waals surface area contributed by atoms with Crippen molar-refractivity contribution in [2.24, 2.45) is 5.92 Å². The molecule has 3 aromatic rings. The fourth-order valence-corrected chi connectivity index (χ4v) is 4.55. The minimum Gasteiger partial charge on any atom is -0.493 e. The van der Waals surface area contributed by atoms with Crippen LogP contribution in [0.5, 0.6) is 5.75 Å². The number of fused-ring (bicyclic) bond motifs is 1. The van der Waals surface area contributed by atoms with E-state index in [1.807, 2.05) is 13.0 Å². The molecule has 0 aliphatic heterocycles. The molecule has 0 saturated heterocycles. The minimum atomic E-state index is -0.402. The normalized spacial score (nSPS) is 12.2. The van der Waals surface area contributed by atoms with E-state index in [1.54, 1.807) is 0 Å². The molecular formula is C31H41NO3. The number of aryl methyl sites for hydroxylation is 2. The summed E-state index contributed by atoms with van der Waals surface area (Å²) in [5.41, 5.74) is 6.59. The highest BCUT2D eigenvalue weighted by molar-refractivity contribution is 5.89. The molecule has 1 atom stereocenters. The zero-order valence-electron chi connectivity index (χ0n) is 22.1. The summed E-state index contributed by atoms with van der Waals surface area (Å²) in [5, 5.41) is 1.21. The number of ether oxygens (including phenoxy) is 2. The number of aromatic nitrogens is 1. The molecule has 0 N–H and O–H groups in total. The highest BCUT2D eigenvalue weighted by atomic mass is 16.5. The van der Waals surface area contributed by atoms with E-state index >= 15 is 0 Å². The molecule has 4 heteroatoms. The summed E-state index contributed by atoms with van der Waals surface area (Å²) in [4.78, 5) is 11.3. The van der Waals surface area contributed by atoms with E-state index in [9.17, 15) is 4.79 Å². The first-order valence-electron chi connectivity index (χ1n) is 13.1. The van der Waals surface area contributed by atoms with Crippen molar-refractivity contribution in [2.45, 2.75) is 72.8 Å². The number of nitrogens with zero attached hydrogens (tertiary/aromatic N) is 1. The lowest BCUT2D eigenvalue weighted by atomic mass is 9.96. The predicted octanol–water partition coefficient (Wildman–Crippen LogP) is 7.93. The van der Waals surface area contributed by atoms with E-state index in [2.05, 4.69) is 75.2 Å². The van der Waals surface area contributed by atoms with Crippen LogP contribution in [-0.2, 0) is 22.4 Å². The van der Waals surface area contributed by atoms with Gasteiger partial charge in [-0.2, -0.15) is 0 Å². The molecule has 0 spiro atoms. The van der Waals surface area contributed by atoms with Crippen LogP contribution in [0.2, 0.25) is 0 Å². The van der Waals surface area contributed by atoms with Crippen LogP contribution in [0.25, 0.3) is 22.2 Å². The van der Waals surface area contributed by atoms with Crippen molar-refractivity contribution >= 4 is 16.9 Å². The van der Waals surface area contributed by atoms with Crippen molar-refractivity contribution < 1.29 is 14.3 Å². The second-order valence-electron chi connectivity index (χ2n) is 9.77. The van der Waals surface area contributed by atoms with Crippen molar-refractivity contribution in [3.63, 3.8) is 0 Å². The van der Waals surface area contributed by atoms with Gasteiger partial charge in [-0.1, -0.05) is 58.4 Å². The van der Waals surface area contributed by atoms with Crippen LogP contribution in [0, 0.1) is 5.92 Å². The maximum absolute atomic E-state index is 11.3. The molecule has 1 unspecified atom stereocenters. The molecule has 4 nitrogen and oxygen atoms in total. The van der Waals surface area contributed by atoms with Crippen molar-refractivity contribution in [2.75, 3.05) is 13.2 Å². The zero-order chi connectivity index (χ0) is 25.4. The molecule has 1 aromatic heterocycles. The Balaban J connectivity index is 1.87. The molecule has 0 amide bonds. The third-order valence-corrected chi connectivity index (χ3v) is 6.44. The van der Waals surface area contributed by atoms with Crippen LogP contribution in [0.3, 0.4) is 0 Å². The summed E-state index contributed by atoms with van der Waals surface area (Å²) in [7, 11) is 0. The monoisotopic (exact) mass is 475 g/mol. The lowest BCUT2D eigenvalue weighted by Crippen LogP contribution is -2.16. The lowest BCUT2D eigenvalue weighted by Gasteiger charge is -2.18. The molecule has 0 radical (unpaired) electrons. The van der Waals surface area contributed by atoms with Gasteiger partial charge in [0.2, 0.25) is 0 Å². The Morgan fingerprint density at radius 2 is 1.83 bits per heavy atom. The maximum atomic E-state index is 11.3. The highest BCUT2D eigenvalue weighted by Crippen LogP contribution is 2.35. The zero-order valence-corrected chi connectivity index (χ0v) is 22.1. The van der Waals surface area contributed by atoms with Crippen molar-refractivity contribution in [1.29, 1.82) is 0 Å². The second-order valence-corrected chi connectivity index (χ2v) is 9.77. The first kappa shape index (κ1) is 26.6. The Morgan fingerprint density at radius 1 is 1.03 bits per heavy atom. The number of hydrogen-bond acceptors (Lipinski definition) is 3. The van der Waals surface area contributed by atoms with Crippen LogP contribution < -0.4 is 4.74 Å². The van der Waals surface area contributed by atoms with Gasteiger partial charge < -0.3 is 14.0 Å². The highest BCUT2D eigenvalue weighted by Gasteiger charge is 2.17. The van der Waals surface area contributed by atoms with Gasteiger partial charge in [0, 0.05) is 40.7 Å². The van der Waals surface area contributed by atoms with Gasteiger partial charge in [-0.25, -0.2) is 4.79 Å². The number of rotatable bonds is 13. The summed E-state index contributed by atoms with van der Waals surface area (Å²) < 4.78 is 13.6. The third kappa shape index (κ3) is 6.78. The van der Waals surface area contributed by atoms with Gasteiger partial charge >= 0.3 is 5.97 Å². The topological polar surface area (TPSA) is 40.5 Å². The SMILES string of the molecule is C=CC(=O)OCC(C)COc1ccc2cc(-c3ccc(CCCCC)cc3CC)n(C(C)C)c2c1. The number of esters is 1. The predicted molar refractivity (Wildman–Crippen MR) is 146 cm³/mol. The Bertz CT molecular complexity index is 1140. The summed E-state index contributed by atoms with van der Waals surface area (Å²) in [5.74, 6) is 0.513. The van der Waals surface area contributed by atoms with E-state index in [1.165, 1.54) is 58.6 Å². The van der Waals surface area contributed by atoms with Crippen LogP contribution in [0.15, 0.2) is 55.1 Å². The van der Waals surface area contributed by atoms with E-state index in [0.717, 1.165) is 18.6 Å². The molecule has 3 rings (SSSR count). The number of carbonyl (C=O) groups is 1. The maximum Gasteiger partial charge on any atom is 0.330 e. The van der Waals surface area contributed by atoms with Crippen LogP contribution in [-0.4, -0.2) is 23.8 Å². The molecule has 1 heterocycles. The van der Waals surface area contributed by atoms with Crippen LogP contribution in [0.4, 0.5) is 0 Å². The van der Waals surface area contributed by atoms with Gasteiger partial charge in [-0.15, -0.1) is 0 Å². The van der Waals surface area contributed by atoms with Gasteiger partial charge in [0.25, 0.3) is 0 Å². The smallest absolute Gasteiger partial charge is 0.330 e. The van der Waals surface area contributed by atoms with Gasteiger partial charge in [-0.3, -0.25) is 0 Å². The van der Waals surface area contributed by atoms with Crippen LogP contribution >= 0.6 is 0 Å². The molecule has 0 saturated carbocycles. The summed E-state index contributed by atoms with van der Waals surface area (Å²) >= 11 is 0. The number of benzene rings is 2. The molecule has 0 aliphatic rings. The average Bonchev–Trinajstić information content (AvgIpc) is 3.24. The van der Waals surface area contributed by atoms with E-state index in [0.29, 0.717) is 19.3 Å². The molecule has 0 aliphatic carbocycles. The molecule has 2 aromatic carbocycles. The van der Waals surface area contributed by atoms with Crippen LogP contribution in [0.1, 0.15) is 71.0 Å². The van der Waals surface area contributed by atoms with E-state index in [-0.39, 0.29) is 5.92 Å².